The first-order valence-corrected chi connectivity index (χ1v) is 8.08. The van der Waals surface area contributed by atoms with Gasteiger partial charge in [0.25, 0.3) is 0 Å². The van der Waals surface area contributed by atoms with Crippen LogP contribution in [-0.4, -0.2) is 29.2 Å². The van der Waals surface area contributed by atoms with Crippen LogP contribution in [0.4, 0.5) is 4.79 Å². The van der Waals surface area contributed by atoms with E-state index in [-0.39, 0.29) is 30.0 Å². The zero-order valence-electron chi connectivity index (χ0n) is 13.6. The van der Waals surface area contributed by atoms with Gasteiger partial charge >= 0.3 is 12.0 Å². The van der Waals surface area contributed by atoms with Gasteiger partial charge in [-0.25, -0.2) is 4.79 Å². The van der Waals surface area contributed by atoms with Crippen LogP contribution in [0, 0.1) is 5.41 Å². The molecular weight excluding hydrogens is 268 g/mol. The molecule has 1 atom stereocenters. The topological polar surface area (TPSA) is 78.4 Å². The number of carbonyl (C=O) groups is 2. The van der Waals surface area contributed by atoms with Crippen molar-refractivity contribution in [2.24, 2.45) is 5.41 Å². The molecule has 5 nitrogen and oxygen atoms in total. The Kier molecular flexibility index (Phi) is 6.99. The predicted molar refractivity (Wildman–Crippen MR) is 83.3 cm³/mol. The van der Waals surface area contributed by atoms with Crippen LogP contribution in [-0.2, 0) is 4.79 Å². The summed E-state index contributed by atoms with van der Waals surface area (Å²) in [5.74, 6) is -0.888. The monoisotopic (exact) mass is 298 g/mol. The second-order valence-electron chi connectivity index (χ2n) is 7.18. The lowest BCUT2D eigenvalue weighted by atomic mass is 9.85. The van der Waals surface area contributed by atoms with Crippen molar-refractivity contribution in [2.45, 2.75) is 84.2 Å². The molecule has 1 unspecified atom stereocenters. The highest BCUT2D eigenvalue weighted by molar-refractivity contribution is 5.76. The highest BCUT2D eigenvalue weighted by Gasteiger charge is 2.29. The molecule has 0 aromatic heterocycles. The molecule has 0 aromatic rings. The molecule has 0 radical (unpaired) electrons. The molecule has 2 amide bonds. The summed E-state index contributed by atoms with van der Waals surface area (Å²) in [6.45, 7) is 5.82. The molecule has 0 aliphatic heterocycles. The van der Waals surface area contributed by atoms with E-state index in [0.717, 1.165) is 25.7 Å². The van der Waals surface area contributed by atoms with E-state index in [9.17, 15) is 9.59 Å². The zero-order chi connectivity index (χ0) is 15.9. The lowest BCUT2D eigenvalue weighted by Gasteiger charge is -2.31. The van der Waals surface area contributed by atoms with Gasteiger partial charge in [0.2, 0.25) is 0 Å². The maximum atomic E-state index is 12.1. The van der Waals surface area contributed by atoms with Crippen LogP contribution >= 0.6 is 0 Å². The van der Waals surface area contributed by atoms with Crippen molar-refractivity contribution >= 4 is 12.0 Å². The van der Waals surface area contributed by atoms with E-state index < -0.39 is 5.97 Å². The van der Waals surface area contributed by atoms with Crippen LogP contribution in [0.25, 0.3) is 0 Å². The molecule has 122 valence electrons. The summed E-state index contributed by atoms with van der Waals surface area (Å²) in [6, 6.07) is -0.388. The van der Waals surface area contributed by atoms with Crippen LogP contribution in [0.1, 0.15) is 72.1 Å². The molecule has 0 heterocycles. The van der Waals surface area contributed by atoms with E-state index in [1.165, 1.54) is 19.3 Å². The normalized spacial score (nSPS) is 19.2. The number of urea groups is 1. The second kappa shape index (κ2) is 8.25. The van der Waals surface area contributed by atoms with Crippen molar-refractivity contribution in [1.29, 1.82) is 0 Å². The molecule has 1 saturated carbocycles. The molecule has 3 N–H and O–H groups in total. The molecule has 0 spiro atoms. The molecule has 5 heteroatoms. The summed E-state index contributed by atoms with van der Waals surface area (Å²) in [5, 5.41) is 14.8. The third kappa shape index (κ3) is 7.34. The third-order valence-corrected chi connectivity index (χ3v) is 4.17. The van der Waals surface area contributed by atoms with Gasteiger partial charge in [0, 0.05) is 12.1 Å². The Morgan fingerprint density at radius 2 is 1.62 bits per heavy atom. The van der Waals surface area contributed by atoms with Crippen molar-refractivity contribution in [1.82, 2.24) is 10.6 Å². The standard InChI is InChI=1S/C16H30N2O3/c1-16(2,3)13(11-14(19)20)18-15(21)17-12-9-7-5-4-6-8-10-12/h12-13H,4-11H2,1-3H3,(H,19,20)(H2,17,18,21). The Bertz CT molecular complexity index is 342. The summed E-state index contributed by atoms with van der Waals surface area (Å²) in [4.78, 5) is 23.1. The first-order chi connectivity index (χ1) is 9.79. The fraction of sp³-hybridized carbons (Fsp3) is 0.875. The number of carboxylic acid groups (broad SMARTS) is 1. The van der Waals surface area contributed by atoms with E-state index in [1.54, 1.807) is 0 Å². The number of amides is 2. The SMILES string of the molecule is CC(C)(C)C(CC(=O)O)NC(=O)NC1CCCCCCC1. The Hall–Kier alpha value is -1.26. The van der Waals surface area contributed by atoms with Gasteiger partial charge in [-0.2, -0.15) is 0 Å². The third-order valence-electron chi connectivity index (χ3n) is 4.17. The molecular formula is C16H30N2O3. The summed E-state index contributed by atoms with van der Waals surface area (Å²) in [5.41, 5.74) is -0.281. The van der Waals surface area contributed by atoms with E-state index in [2.05, 4.69) is 10.6 Å². The minimum atomic E-state index is -0.888. The number of hydrogen-bond donors (Lipinski definition) is 3. The van der Waals surface area contributed by atoms with Crippen LogP contribution in [0.2, 0.25) is 0 Å². The number of carboxylic acids is 1. The van der Waals surface area contributed by atoms with E-state index in [0.29, 0.717) is 0 Å². The Balaban J connectivity index is 2.50. The van der Waals surface area contributed by atoms with Crippen molar-refractivity contribution < 1.29 is 14.7 Å². The van der Waals surface area contributed by atoms with Crippen molar-refractivity contribution in [2.75, 3.05) is 0 Å². The minimum absolute atomic E-state index is 0.0540. The molecule has 1 aliphatic rings. The lowest BCUT2D eigenvalue weighted by Crippen LogP contribution is -2.51. The molecule has 0 aromatic carbocycles. The predicted octanol–water partition coefficient (Wildman–Crippen LogP) is 3.29. The molecule has 0 bridgehead atoms. The van der Waals surface area contributed by atoms with E-state index in [1.807, 2.05) is 20.8 Å². The van der Waals surface area contributed by atoms with Crippen LogP contribution in [0.15, 0.2) is 0 Å². The fourth-order valence-electron chi connectivity index (χ4n) is 2.73. The van der Waals surface area contributed by atoms with Gasteiger partial charge in [-0.15, -0.1) is 0 Å². The largest absolute Gasteiger partial charge is 0.481 e. The fourth-order valence-corrected chi connectivity index (χ4v) is 2.73. The molecule has 1 aliphatic carbocycles. The van der Waals surface area contributed by atoms with Gasteiger partial charge in [-0.3, -0.25) is 4.79 Å². The Morgan fingerprint density at radius 1 is 1.10 bits per heavy atom. The van der Waals surface area contributed by atoms with E-state index >= 15 is 0 Å². The summed E-state index contributed by atoms with van der Waals surface area (Å²) < 4.78 is 0. The van der Waals surface area contributed by atoms with Crippen LogP contribution in [0.5, 0.6) is 0 Å². The van der Waals surface area contributed by atoms with Crippen molar-refractivity contribution in [3.63, 3.8) is 0 Å². The van der Waals surface area contributed by atoms with Crippen molar-refractivity contribution in [3.8, 4) is 0 Å². The summed E-state index contributed by atoms with van der Waals surface area (Å²) in [6.07, 6.45) is 8.07. The first kappa shape index (κ1) is 17.8. The minimum Gasteiger partial charge on any atom is -0.481 e. The van der Waals surface area contributed by atoms with Gasteiger partial charge < -0.3 is 15.7 Å². The van der Waals surface area contributed by atoms with Gasteiger partial charge in [-0.1, -0.05) is 52.9 Å². The smallest absolute Gasteiger partial charge is 0.315 e. The molecule has 0 saturated heterocycles. The van der Waals surface area contributed by atoms with Gasteiger partial charge in [0.15, 0.2) is 0 Å². The highest BCUT2D eigenvalue weighted by Crippen LogP contribution is 2.22. The number of nitrogens with one attached hydrogen (secondary N) is 2. The quantitative estimate of drug-likeness (QED) is 0.745. The summed E-state index contributed by atoms with van der Waals surface area (Å²) in [7, 11) is 0. The second-order valence-corrected chi connectivity index (χ2v) is 7.18. The lowest BCUT2D eigenvalue weighted by molar-refractivity contribution is -0.138. The highest BCUT2D eigenvalue weighted by atomic mass is 16.4. The maximum Gasteiger partial charge on any atom is 0.315 e. The van der Waals surface area contributed by atoms with Gasteiger partial charge in [0.05, 0.1) is 6.42 Å². The zero-order valence-corrected chi connectivity index (χ0v) is 13.6. The van der Waals surface area contributed by atoms with Crippen LogP contribution < -0.4 is 10.6 Å². The number of hydrogen-bond acceptors (Lipinski definition) is 2. The summed E-state index contributed by atoms with van der Waals surface area (Å²) >= 11 is 0. The van der Waals surface area contributed by atoms with Crippen LogP contribution in [0.3, 0.4) is 0 Å². The van der Waals surface area contributed by atoms with Crippen molar-refractivity contribution in [3.05, 3.63) is 0 Å². The number of carbonyl (C=O) groups excluding carboxylic acids is 1. The average Bonchev–Trinajstić information content (AvgIpc) is 2.30. The van der Waals surface area contributed by atoms with Gasteiger partial charge in [-0.05, 0) is 18.3 Å². The number of aliphatic carboxylic acids is 1. The average molecular weight is 298 g/mol. The molecule has 1 rings (SSSR count). The Labute approximate surface area is 127 Å². The molecule has 21 heavy (non-hydrogen) atoms. The number of rotatable bonds is 4. The van der Waals surface area contributed by atoms with E-state index in [4.69, 9.17) is 5.11 Å². The van der Waals surface area contributed by atoms with Gasteiger partial charge in [0.1, 0.15) is 0 Å². The molecule has 1 fully saturated rings. The first-order valence-electron chi connectivity index (χ1n) is 8.08. The maximum absolute atomic E-state index is 12.1. The Morgan fingerprint density at radius 3 is 2.10 bits per heavy atom.